The molecule has 0 aliphatic rings. The summed E-state index contributed by atoms with van der Waals surface area (Å²) in [6.45, 7) is 5.08. The summed E-state index contributed by atoms with van der Waals surface area (Å²) in [5.74, 6) is 0.656. The highest BCUT2D eigenvalue weighted by Crippen LogP contribution is 2.35. The van der Waals surface area contributed by atoms with Crippen molar-refractivity contribution in [1.29, 1.82) is 0 Å². The van der Waals surface area contributed by atoms with Crippen LogP contribution in [0.2, 0.25) is 0 Å². The highest BCUT2D eigenvalue weighted by atomic mass is 32.1. The molecule has 1 N–H and O–H groups in total. The van der Waals surface area contributed by atoms with Gasteiger partial charge in [0.2, 0.25) is 0 Å². The standard InChI is InChI=1S/C20H21N5O4S/c1-11(2)18-20(26)23-12-9-14-15(10-13(12)21-18)24(7-4-8-29-3)19(22-14)16-5-6-17(30-16)25(27)28/h5-6,9-11H,4,7-8H2,1-3H3,(H,23,26). The molecule has 0 saturated carbocycles. The highest BCUT2D eigenvalue weighted by molar-refractivity contribution is 7.18. The van der Waals surface area contributed by atoms with Gasteiger partial charge in [-0.05, 0) is 24.6 Å². The second kappa shape index (κ2) is 7.96. The SMILES string of the molecule is COCCCn1c(-c2ccc([N+](=O)[O-])s2)nc2cc3[nH]c(=O)c(C(C)C)nc3cc21. The lowest BCUT2D eigenvalue weighted by Gasteiger charge is -2.09. The summed E-state index contributed by atoms with van der Waals surface area (Å²) in [5, 5.41) is 11.2. The van der Waals surface area contributed by atoms with Gasteiger partial charge in [-0.15, -0.1) is 0 Å². The number of imidazole rings is 1. The molecule has 156 valence electrons. The Kier molecular flexibility index (Phi) is 5.35. The maximum Gasteiger partial charge on any atom is 0.324 e. The van der Waals surface area contributed by atoms with E-state index < -0.39 is 4.92 Å². The first-order chi connectivity index (χ1) is 14.4. The van der Waals surface area contributed by atoms with E-state index in [4.69, 9.17) is 9.72 Å². The number of aryl methyl sites for hydroxylation is 1. The fraction of sp³-hybridized carbons (Fsp3) is 0.350. The summed E-state index contributed by atoms with van der Waals surface area (Å²) >= 11 is 1.09. The molecule has 0 aliphatic carbocycles. The third kappa shape index (κ3) is 3.59. The first-order valence-corrected chi connectivity index (χ1v) is 10.4. The van der Waals surface area contributed by atoms with Crippen LogP contribution in [-0.4, -0.2) is 38.2 Å². The van der Waals surface area contributed by atoms with Crippen LogP contribution in [0.4, 0.5) is 5.00 Å². The van der Waals surface area contributed by atoms with Gasteiger partial charge in [-0.25, -0.2) is 9.97 Å². The summed E-state index contributed by atoms with van der Waals surface area (Å²) in [4.78, 5) is 36.0. The van der Waals surface area contributed by atoms with Crippen LogP contribution in [0.3, 0.4) is 0 Å². The van der Waals surface area contributed by atoms with Crippen LogP contribution < -0.4 is 5.56 Å². The van der Waals surface area contributed by atoms with Crippen molar-refractivity contribution < 1.29 is 9.66 Å². The van der Waals surface area contributed by atoms with E-state index in [1.807, 2.05) is 30.5 Å². The molecular formula is C20H21N5O4S. The van der Waals surface area contributed by atoms with E-state index in [-0.39, 0.29) is 16.5 Å². The van der Waals surface area contributed by atoms with E-state index in [0.29, 0.717) is 46.1 Å². The van der Waals surface area contributed by atoms with Crippen molar-refractivity contribution in [2.24, 2.45) is 0 Å². The minimum absolute atomic E-state index is 0.00249. The van der Waals surface area contributed by atoms with Gasteiger partial charge in [0, 0.05) is 32.2 Å². The summed E-state index contributed by atoms with van der Waals surface area (Å²) in [7, 11) is 1.65. The van der Waals surface area contributed by atoms with Crippen LogP contribution in [0.1, 0.15) is 31.9 Å². The zero-order valence-corrected chi connectivity index (χ0v) is 17.7. The molecule has 0 aliphatic heterocycles. The Bertz CT molecular complexity index is 1300. The van der Waals surface area contributed by atoms with Crippen molar-refractivity contribution in [2.45, 2.75) is 32.7 Å². The van der Waals surface area contributed by atoms with Crippen molar-refractivity contribution in [3.63, 3.8) is 0 Å². The van der Waals surface area contributed by atoms with Crippen molar-refractivity contribution in [3.8, 4) is 10.7 Å². The van der Waals surface area contributed by atoms with Gasteiger partial charge in [-0.2, -0.15) is 0 Å². The number of thiophene rings is 1. The third-order valence-electron chi connectivity index (χ3n) is 4.86. The molecule has 10 heteroatoms. The summed E-state index contributed by atoms with van der Waals surface area (Å²) < 4.78 is 7.22. The van der Waals surface area contributed by atoms with Crippen molar-refractivity contribution >= 4 is 38.4 Å². The molecule has 0 atom stereocenters. The van der Waals surface area contributed by atoms with Gasteiger partial charge >= 0.3 is 5.00 Å². The van der Waals surface area contributed by atoms with E-state index in [1.165, 1.54) is 6.07 Å². The molecule has 0 spiro atoms. The fourth-order valence-corrected chi connectivity index (χ4v) is 4.26. The third-order valence-corrected chi connectivity index (χ3v) is 5.89. The van der Waals surface area contributed by atoms with Gasteiger partial charge in [-0.3, -0.25) is 14.9 Å². The number of nitrogens with zero attached hydrogens (tertiary/aromatic N) is 4. The number of hydrogen-bond acceptors (Lipinski definition) is 7. The first kappa shape index (κ1) is 20.2. The number of ether oxygens (including phenoxy) is 1. The molecular weight excluding hydrogens is 406 g/mol. The second-order valence-electron chi connectivity index (χ2n) is 7.29. The molecule has 0 saturated heterocycles. The van der Waals surface area contributed by atoms with Crippen molar-refractivity contribution in [1.82, 2.24) is 19.5 Å². The topological polar surface area (TPSA) is 116 Å². The molecule has 3 aromatic heterocycles. The Morgan fingerprint density at radius 3 is 2.73 bits per heavy atom. The van der Waals surface area contributed by atoms with Crippen molar-refractivity contribution in [3.05, 3.63) is 50.4 Å². The number of aromatic nitrogens is 4. The number of nitrogens with one attached hydrogen (secondary N) is 1. The first-order valence-electron chi connectivity index (χ1n) is 9.56. The van der Waals surface area contributed by atoms with Gasteiger partial charge in [-0.1, -0.05) is 25.2 Å². The normalized spacial score (nSPS) is 11.7. The molecule has 30 heavy (non-hydrogen) atoms. The minimum atomic E-state index is -0.400. The van der Waals surface area contributed by atoms with E-state index in [9.17, 15) is 14.9 Å². The molecule has 4 aromatic rings. The van der Waals surface area contributed by atoms with Gasteiger partial charge < -0.3 is 14.3 Å². The number of H-pyrrole nitrogens is 1. The van der Waals surface area contributed by atoms with Gasteiger partial charge in [0.25, 0.3) is 5.56 Å². The van der Waals surface area contributed by atoms with Crippen molar-refractivity contribution in [2.75, 3.05) is 13.7 Å². The van der Waals surface area contributed by atoms with Gasteiger partial charge in [0.05, 0.1) is 31.9 Å². The molecule has 4 rings (SSSR count). The predicted molar refractivity (Wildman–Crippen MR) is 116 cm³/mol. The summed E-state index contributed by atoms with van der Waals surface area (Å²) in [6, 6.07) is 6.93. The molecule has 3 heterocycles. The van der Waals surface area contributed by atoms with E-state index in [1.54, 1.807) is 13.2 Å². The Labute approximate surface area is 175 Å². The lowest BCUT2D eigenvalue weighted by molar-refractivity contribution is -0.380. The van der Waals surface area contributed by atoms with E-state index in [2.05, 4.69) is 9.97 Å². The van der Waals surface area contributed by atoms with Crippen LogP contribution >= 0.6 is 11.3 Å². The summed E-state index contributed by atoms with van der Waals surface area (Å²) in [6.07, 6.45) is 0.761. The Hall–Kier alpha value is -3.11. The quantitative estimate of drug-likeness (QED) is 0.270. The largest absolute Gasteiger partial charge is 0.385 e. The minimum Gasteiger partial charge on any atom is -0.385 e. The maximum atomic E-state index is 12.3. The Balaban J connectivity index is 1.93. The number of hydrogen-bond donors (Lipinski definition) is 1. The molecule has 9 nitrogen and oxygen atoms in total. The maximum absolute atomic E-state index is 12.3. The summed E-state index contributed by atoms with van der Waals surface area (Å²) in [5.41, 5.74) is 3.14. The predicted octanol–water partition coefficient (Wildman–Crippen LogP) is 4.07. The number of benzene rings is 1. The average Bonchev–Trinajstić information content (AvgIpc) is 3.31. The highest BCUT2D eigenvalue weighted by Gasteiger charge is 2.19. The Morgan fingerprint density at radius 1 is 1.27 bits per heavy atom. The van der Waals surface area contributed by atoms with E-state index in [0.717, 1.165) is 23.3 Å². The van der Waals surface area contributed by atoms with Gasteiger partial charge in [0.1, 0.15) is 5.69 Å². The van der Waals surface area contributed by atoms with Crippen LogP contribution in [-0.2, 0) is 11.3 Å². The number of methoxy groups -OCH3 is 1. The molecule has 1 aromatic carbocycles. The average molecular weight is 427 g/mol. The fourth-order valence-electron chi connectivity index (χ4n) is 3.44. The van der Waals surface area contributed by atoms with Crippen LogP contribution in [0.25, 0.3) is 32.8 Å². The smallest absolute Gasteiger partial charge is 0.324 e. The number of rotatable bonds is 7. The molecule has 0 amide bonds. The van der Waals surface area contributed by atoms with Crippen LogP contribution in [0.15, 0.2) is 29.1 Å². The Morgan fingerprint density at radius 2 is 2.07 bits per heavy atom. The van der Waals surface area contributed by atoms with Gasteiger partial charge in [0.15, 0.2) is 5.82 Å². The molecule has 0 bridgehead atoms. The monoisotopic (exact) mass is 427 g/mol. The lowest BCUT2D eigenvalue weighted by Crippen LogP contribution is -2.16. The number of fused-ring (bicyclic) bond motifs is 2. The lowest BCUT2D eigenvalue weighted by atomic mass is 10.1. The van der Waals surface area contributed by atoms with Crippen LogP contribution in [0, 0.1) is 10.1 Å². The number of nitro groups is 1. The second-order valence-corrected chi connectivity index (χ2v) is 8.35. The zero-order chi connectivity index (χ0) is 21.4. The molecule has 0 fully saturated rings. The zero-order valence-electron chi connectivity index (χ0n) is 16.8. The van der Waals surface area contributed by atoms with E-state index >= 15 is 0 Å². The van der Waals surface area contributed by atoms with Crippen LogP contribution in [0.5, 0.6) is 0 Å². The number of aromatic amines is 1. The molecule has 0 unspecified atom stereocenters. The molecule has 0 radical (unpaired) electrons.